The summed E-state index contributed by atoms with van der Waals surface area (Å²) < 4.78 is 0. The molecule has 1 N–H and O–H groups in total. The van der Waals surface area contributed by atoms with Gasteiger partial charge in [-0.3, -0.25) is 9.97 Å². The first kappa shape index (κ1) is 13.7. The quantitative estimate of drug-likeness (QED) is 0.892. The molecule has 0 spiro atoms. The summed E-state index contributed by atoms with van der Waals surface area (Å²) in [7, 11) is 1.99. The molecular weight excluding hydrogens is 234 g/mol. The lowest BCUT2D eigenvalue weighted by Crippen LogP contribution is -2.19. The summed E-state index contributed by atoms with van der Waals surface area (Å²) in [6, 6.07) is 8.75. The van der Waals surface area contributed by atoms with E-state index in [9.17, 15) is 0 Å². The number of nitrogens with zero attached hydrogens (tertiary/aromatic N) is 2. The molecule has 1 unspecified atom stereocenters. The zero-order chi connectivity index (χ0) is 13.7. The van der Waals surface area contributed by atoms with Crippen LogP contribution in [-0.4, -0.2) is 17.0 Å². The molecule has 19 heavy (non-hydrogen) atoms. The van der Waals surface area contributed by atoms with Crippen LogP contribution in [0.3, 0.4) is 0 Å². The van der Waals surface area contributed by atoms with Gasteiger partial charge in [0.25, 0.3) is 0 Å². The topological polar surface area (TPSA) is 37.8 Å². The van der Waals surface area contributed by atoms with Gasteiger partial charge < -0.3 is 5.32 Å². The van der Waals surface area contributed by atoms with Crippen LogP contribution in [0.1, 0.15) is 35.5 Å². The molecule has 0 saturated heterocycles. The summed E-state index contributed by atoms with van der Waals surface area (Å²) in [4.78, 5) is 8.77. The van der Waals surface area contributed by atoms with Gasteiger partial charge in [0.2, 0.25) is 0 Å². The molecule has 0 saturated carbocycles. The molecule has 2 aromatic rings. The predicted molar refractivity (Wildman–Crippen MR) is 78.1 cm³/mol. The summed E-state index contributed by atoms with van der Waals surface area (Å²) >= 11 is 0. The molecule has 0 fully saturated rings. The second kappa shape index (κ2) is 6.43. The molecule has 3 nitrogen and oxygen atoms in total. The second-order valence-corrected chi connectivity index (χ2v) is 4.79. The summed E-state index contributed by atoms with van der Waals surface area (Å²) in [5.74, 6) is 0. The maximum absolute atomic E-state index is 4.53. The Kier molecular flexibility index (Phi) is 4.63. The van der Waals surface area contributed by atoms with E-state index in [2.05, 4.69) is 46.5 Å². The first-order valence-corrected chi connectivity index (χ1v) is 6.76. The van der Waals surface area contributed by atoms with Gasteiger partial charge in [-0.1, -0.05) is 13.0 Å². The van der Waals surface area contributed by atoms with Crippen molar-refractivity contribution in [1.29, 1.82) is 0 Å². The summed E-state index contributed by atoms with van der Waals surface area (Å²) in [5, 5.41) is 3.35. The molecule has 0 aliphatic heterocycles. The minimum Gasteiger partial charge on any atom is -0.313 e. The fraction of sp³-hybridized carbons (Fsp3) is 0.375. The fourth-order valence-electron chi connectivity index (χ4n) is 2.16. The minimum absolute atomic E-state index is 0.279. The van der Waals surface area contributed by atoms with Crippen LogP contribution >= 0.6 is 0 Å². The van der Waals surface area contributed by atoms with Gasteiger partial charge in [-0.25, -0.2) is 0 Å². The Balaban J connectivity index is 2.14. The number of hydrogen-bond donors (Lipinski definition) is 1. The van der Waals surface area contributed by atoms with Crippen LogP contribution in [0.4, 0.5) is 0 Å². The van der Waals surface area contributed by atoms with Crippen molar-refractivity contribution in [2.75, 3.05) is 7.05 Å². The molecule has 0 bridgehead atoms. The molecule has 2 rings (SSSR count). The van der Waals surface area contributed by atoms with Gasteiger partial charge in [0.1, 0.15) is 0 Å². The molecule has 0 aliphatic rings. The molecule has 0 aromatic carbocycles. The van der Waals surface area contributed by atoms with Crippen molar-refractivity contribution in [3.63, 3.8) is 0 Å². The van der Waals surface area contributed by atoms with Crippen LogP contribution in [0.25, 0.3) is 0 Å². The molecule has 2 aromatic heterocycles. The van der Waals surface area contributed by atoms with E-state index in [1.807, 2.05) is 26.4 Å². The Morgan fingerprint density at radius 1 is 1.21 bits per heavy atom. The standard InChI is InChI=1S/C16H21N3/c1-4-13-5-6-15(19-11-13)10-16(17-3)14-7-8-18-12(2)9-14/h5-9,11,16-17H,4,10H2,1-3H3. The third kappa shape index (κ3) is 3.61. The van der Waals surface area contributed by atoms with Crippen molar-refractivity contribution in [1.82, 2.24) is 15.3 Å². The molecule has 1 atom stereocenters. The van der Waals surface area contributed by atoms with Crippen LogP contribution in [0.2, 0.25) is 0 Å². The Morgan fingerprint density at radius 3 is 2.63 bits per heavy atom. The van der Waals surface area contributed by atoms with Crippen molar-refractivity contribution in [2.24, 2.45) is 0 Å². The van der Waals surface area contributed by atoms with Gasteiger partial charge in [-0.05, 0) is 49.7 Å². The average Bonchev–Trinajstić information content (AvgIpc) is 2.45. The van der Waals surface area contributed by atoms with Crippen LogP contribution < -0.4 is 5.32 Å². The van der Waals surface area contributed by atoms with E-state index < -0.39 is 0 Å². The first-order chi connectivity index (χ1) is 9.22. The highest BCUT2D eigenvalue weighted by molar-refractivity contribution is 5.22. The fourth-order valence-corrected chi connectivity index (χ4v) is 2.16. The van der Waals surface area contributed by atoms with Crippen LogP contribution in [0, 0.1) is 6.92 Å². The smallest absolute Gasteiger partial charge is 0.0422 e. The highest BCUT2D eigenvalue weighted by atomic mass is 14.9. The normalized spacial score (nSPS) is 12.4. The highest BCUT2D eigenvalue weighted by Gasteiger charge is 2.11. The Bertz CT molecular complexity index is 520. The minimum atomic E-state index is 0.279. The third-order valence-corrected chi connectivity index (χ3v) is 3.38. The average molecular weight is 255 g/mol. The van der Waals surface area contributed by atoms with Crippen molar-refractivity contribution in [2.45, 2.75) is 32.7 Å². The lowest BCUT2D eigenvalue weighted by molar-refractivity contribution is 0.583. The molecule has 0 amide bonds. The van der Waals surface area contributed by atoms with E-state index in [1.165, 1.54) is 11.1 Å². The zero-order valence-electron chi connectivity index (χ0n) is 11.9. The summed E-state index contributed by atoms with van der Waals surface area (Å²) in [6.07, 6.45) is 5.76. The van der Waals surface area contributed by atoms with E-state index in [4.69, 9.17) is 0 Å². The molecule has 3 heteroatoms. The van der Waals surface area contributed by atoms with Crippen molar-refractivity contribution in [3.05, 3.63) is 59.2 Å². The van der Waals surface area contributed by atoms with Crippen LogP contribution in [0.15, 0.2) is 36.7 Å². The number of aromatic nitrogens is 2. The molecule has 0 radical (unpaired) electrons. The molecule has 100 valence electrons. The van der Waals surface area contributed by atoms with Crippen molar-refractivity contribution < 1.29 is 0 Å². The van der Waals surface area contributed by atoms with Crippen molar-refractivity contribution in [3.8, 4) is 0 Å². The summed E-state index contributed by atoms with van der Waals surface area (Å²) in [6.45, 7) is 4.16. The van der Waals surface area contributed by atoms with E-state index in [0.29, 0.717) is 0 Å². The van der Waals surface area contributed by atoms with E-state index in [0.717, 1.165) is 24.2 Å². The van der Waals surface area contributed by atoms with Gasteiger partial charge >= 0.3 is 0 Å². The third-order valence-electron chi connectivity index (χ3n) is 3.38. The zero-order valence-corrected chi connectivity index (χ0v) is 11.9. The molecule has 2 heterocycles. The summed E-state index contributed by atoms with van der Waals surface area (Å²) in [5.41, 5.74) is 4.71. The van der Waals surface area contributed by atoms with Gasteiger partial charge in [-0.2, -0.15) is 0 Å². The van der Waals surface area contributed by atoms with Gasteiger partial charge in [0.05, 0.1) is 0 Å². The highest BCUT2D eigenvalue weighted by Crippen LogP contribution is 2.17. The number of aryl methyl sites for hydroxylation is 2. The Morgan fingerprint density at radius 2 is 2.05 bits per heavy atom. The number of rotatable bonds is 5. The number of pyridine rings is 2. The number of hydrogen-bond acceptors (Lipinski definition) is 3. The number of nitrogens with one attached hydrogen (secondary N) is 1. The number of likely N-dealkylation sites (N-methyl/N-ethyl adjacent to an activating group) is 1. The maximum atomic E-state index is 4.53. The Labute approximate surface area is 115 Å². The first-order valence-electron chi connectivity index (χ1n) is 6.76. The predicted octanol–water partition coefficient (Wildman–Crippen LogP) is 2.85. The lowest BCUT2D eigenvalue weighted by atomic mass is 10.0. The molecule has 0 aliphatic carbocycles. The largest absolute Gasteiger partial charge is 0.313 e. The Hall–Kier alpha value is -1.74. The lowest BCUT2D eigenvalue weighted by Gasteiger charge is -2.16. The monoisotopic (exact) mass is 255 g/mol. The van der Waals surface area contributed by atoms with Crippen LogP contribution in [0.5, 0.6) is 0 Å². The maximum Gasteiger partial charge on any atom is 0.0422 e. The van der Waals surface area contributed by atoms with Crippen molar-refractivity contribution >= 4 is 0 Å². The van der Waals surface area contributed by atoms with Gasteiger partial charge in [0, 0.05) is 36.2 Å². The second-order valence-electron chi connectivity index (χ2n) is 4.79. The van der Waals surface area contributed by atoms with Gasteiger partial charge in [-0.15, -0.1) is 0 Å². The van der Waals surface area contributed by atoms with E-state index in [1.54, 1.807) is 0 Å². The molecular formula is C16H21N3. The van der Waals surface area contributed by atoms with E-state index in [-0.39, 0.29) is 6.04 Å². The van der Waals surface area contributed by atoms with E-state index >= 15 is 0 Å². The van der Waals surface area contributed by atoms with Gasteiger partial charge in [0.15, 0.2) is 0 Å². The van der Waals surface area contributed by atoms with Crippen LogP contribution in [-0.2, 0) is 12.8 Å². The SMILES string of the molecule is CCc1ccc(CC(NC)c2ccnc(C)c2)nc1.